The molecule has 0 spiro atoms. The topological polar surface area (TPSA) is 34.9 Å². The lowest BCUT2D eigenvalue weighted by Crippen LogP contribution is -2.10. The maximum Gasteiger partial charge on any atom is 0.264 e. The molecule has 0 unspecified atom stereocenters. The van der Waals surface area contributed by atoms with E-state index in [4.69, 9.17) is 0 Å². The fourth-order valence-corrected chi connectivity index (χ4v) is 1.43. The van der Waals surface area contributed by atoms with Crippen molar-refractivity contribution in [1.29, 1.82) is 0 Å². The zero-order valence-electron chi connectivity index (χ0n) is 7.29. The van der Waals surface area contributed by atoms with E-state index in [0.717, 1.165) is 0 Å². The van der Waals surface area contributed by atoms with Gasteiger partial charge < -0.3 is 0 Å². The Labute approximate surface area is 86.8 Å². The number of rotatable bonds is 1. The van der Waals surface area contributed by atoms with Crippen LogP contribution in [0.1, 0.15) is 10.4 Å². The summed E-state index contributed by atoms with van der Waals surface area (Å²) in [6.45, 7) is 0. The molecular formula is C10H8N2OS. The lowest BCUT2D eigenvalue weighted by molar-refractivity contribution is 0.0957. The van der Waals surface area contributed by atoms with Gasteiger partial charge in [-0.2, -0.15) is 0 Å². The third kappa shape index (κ3) is 1.56. The van der Waals surface area contributed by atoms with Gasteiger partial charge in [0.2, 0.25) is 0 Å². The Kier molecular flexibility index (Phi) is 2.37. The van der Waals surface area contributed by atoms with Crippen molar-refractivity contribution in [3.05, 3.63) is 48.5 Å². The molecule has 2 aromatic rings. The lowest BCUT2D eigenvalue weighted by atomic mass is 10.2. The first-order chi connectivity index (χ1) is 6.79. The number of aromatic nitrogens is 2. The van der Waals surface area contributed by atoms with Crippen LogP contribution in [0.25, 0.3) is 0 Å². The molecule has 1 heterocycles. The van der Waals surface area contributed by atoms with Crippen molar-refractivity contribution in [2.24, 2.45) is 0 Å². The van der Waals surface area contributed by atoms with E-state index in [1.54, 1.807) is 24.5 Å². The average molecular weight is 204 g/mol. The van der Waals surface area contributed by atoms with Crippen LogP contribution in [0.15, 0.2) is 47.9 Å². The van der Waals surface area contributed by atoms with Crippen molar-refractivity contribution in [2.75, 3.05) is 0 Å². The van der Waals surface area contributed by atoms with E-state index in [1.807, 2.05) is 12.1 Å². The van der Waals surface area contributed by atoms with E-state index in [-0.39, 0.29) is 5.91 Å². The number of carbonyl (C=O) groups excluding carboxylic acids is 1. The Bertz CT molecular complexity index is 451. The third-order valence-corrected chi connectivity index (χ3v) is 2.26. The molecule has 0 fully saturated rings. The van der Waals surface area contributed by atoms with Gasteiger partial charge in [-0.25, -0.2) is 4.98 Å². The Morgan fingerprint density at radius 2 is 2.14 bits per heavy atom. The summed E-state index contributed by atoms with van der Waals surface area (Å²) < 4.78 is 1.43. The fraction of sp³-hybridized carbons (Fsp3) is 0. The molecule has 70 valence electrons. The molecule has 0 aliphatic heterocycles. The fourth-order valence-electron chi connectivity index (χ4n) is 1.17. The van der Waals surface area contributed by atoms with Gasteiger partial charge in [0.25, 0.3) is 5.91 Å². The first-order valence-corrected chi connectivity index (χ1v) is 4.54. The monoisotopic (exact) mass is 204 g/mol. The lowest BCUT2D eigenvalue weighted by Gasteiger charge is -2.03. The van der Waals surface area contributed by atoms with Gasteiger partial charge in [-0.3, -0.25) is 9.36 Å². The molecule has 1 aromatic heterocycles. The van der Waals surface area contributed by atoms with Gasteiger partial charge in [0, 0.05) is 17.3 Å². The summed E-state index contributed by atoms with van der Waals surface area (Å²) in [7, 11) is 0. The highest BCUT2D eigenvalue weighted by Crippen LogP contribution is 2.13. The molecule has 0 saturated carbocycles. The summed E-state index contributed by atoms with van der Waals surface area (Å²) in [5.41, 5.74) is 0.578. The van der Waals surface area contributed by atoms with Crippen LogP contribution in [-0.2, 0) is 0 Å². The van der Waals surface area contributed by atoms with E-state index in [1.165, 1.54) is 10.9 Å². The smallest absolute Gasteiger partial charge is 0.264 e. The molecule has 0 atom stereocenters. The Morgan fingerprint density at radius 3 is 2.79 bits per heavy atom. The quantitative estimate of drug-likeness (QED) is 0.719. The van der Waals surface area contributed by atoms with E-state index < -0.39 is 0 Å². The minimum Gasteiger partial charge on any atom is -0.272 e. The van der Waals surface area contributed by atoms with Crippen LogP contribution in [0.4, 0.5) is 0 Å². The number of nitrogens with zero attached hydrogens (tertiary/aromatic N) is 2. The van der Waals surface area contributed by atoms with E-state index in [9.17, 15) is 4.79 Å². The molecule has 14 heavy (non-hydrogen) atoms. The standard InChI is InChI=1S/C10H8N2OS/c13-10(12-6-5-11-7-12)8-3-1-2-4-9(8)14/h1-7,14H. The van der Waals surface area contributed by atoms with E-state index in [2.05, 4.69) is 17.6 Å². The highest BCUT2D eigenvalue weighted by molar-refractivity contribution is 7.80. The number of hydrogen-bond acceptors (Lipinski definition) is 3. The predicted molar refractivity (Wildman–Crippen MR) is 55.6 cm³/mol. The molecule has 1 aromatic carbocycles. The Morgan fingerprint density at radius 1 is 1.36 bits per heavy atom. The second-order valence-electron chi connectivity index (χ2n) is 2.79. The largest absolute Gasteiger partial charge is 0.272 e. The zero-order valence-corrected chi connectivity index (χ0v) is 8.19. The van der Waals surface area contributed by atoms with Crippen LogP contribution >= 0.6 is 12.6 Å². The first-order valence-electron chi connectivity index (χ1n) is 4.09. The van der Waals surface area contributed by atoms with E-state index >= 15 is 0 Å². The van der Waals surface area contributed by atoms with Crippen molar-refractivity contribution < 1.29 is 4.79 Å². The van der Waals surface area contributed by atoms with Crippen LogP contribution in [0.5, 0.6) is 0 Å². The third-order valence-electron chi connectivity index (χ3n) is 1.87. The number of benzene rings is 1. The Balaban J connectivity index is 2.42. The van der Waals surface area contributed by atoms with Crippen molar-refractivity contribution in [1.82, 2.24) is 9.55 Å². The molecular weight excluding hydrogens is 196 g/mol. The summed E-state index contributed by atoms with van der Waals surface area (Å²) >= 11 is 4.21. The SMILES string of the molecule is O=C(c1ccccc1S)n1ccnc1. The normalized spacial score (nSPS) is 10.1. The first kappa shape index (κ1) is 9.02. The van der Waals surface area contributed by atoms with Crippen LogP contribution in [0.2, 0.25) is 0 Å². The van der Waals surface area contributed by atoms with Crippen molar-refractivity contribution in [2.45, 2.75) is 4.90 Å². The van der Waals surface area contributed by atoms with Gasteiger partial charge in [0.15, 0.2) is 0 Å². The van der Waals surface area contributed by atoms with Gasteiger partial charge >= 0.3 is 0 Å². The molecule has 0 radical (unpaired) electrons. The van der Waals surface area contributed by atoms with Gasteiger partial charge in [-0.15, -0.1) is 12.6 Å². The maximum atomic E-state index is 11.8. The van der Waals surface area contributed by atoms with Crippen LogP contribution in [-0.4, -0.2) is 15.5 Å². The summed E-state index contributed by atoms with van der Waals surface area (Å²) in [6.07, 6.45) is 4.66. The summed E-state index contributed by atoms with van der Waals surface area (Å²) in [5, 5.41) is 0. The predicted octanol–water partition coefficient (Wildman–Crippen LogP) is 1.86. The molecule has 0 amide bonds. The zero-order chi connectivity index (χ0) is 9.97. The maximum absolute atomic E-state index is 11.8. The molecule has 3 nitrogen and oxygen atoms in total. The molecule has 2 rings (SSSR count). The Hall–Kier alpha value is -1.55. The number of thiol groups is 1. The van der Waals surface area contributed by atoms with Crippen LogP contribution < -0.4 is 0 Å². The molecule has 0 bridgehead atoms. The molecule has 0 aliphatic rings. The minimum atomic E-state index is -0.117. The van der Waals surface area contributed by atoms with Gasteiger partial charge in [0.1, 0.15) is 6.33 Å². The van der Waals surface area contributed by atoms with Crippen molar-refractivity contribution in [3.8, 4) is 0 Å². The van der Waals surface area contributed by atoms with Crippen LogP contribution in [0, 0.1) is 0 Å². The summed E-state index contributed by atoms with van der Waals surface area (Å²) in [5.74, 6) is -0.117. The summed E-state index contributed by atoms with van der Waals surface area (Å²) in [4.78, 5) is 16.3. The van der Waals surface area contributed by atoms with E-state index in [0.29, 0.717) is 10.5 Å². The summed E-state index contributed by atoms with van der Waals surface area (Å²) in [6, 6.07) is 7.18. The molecule has 0 N–H and O–H groups in total. The van der Waals surface area contributed by atoms with Gasteiger partial charge in [-0.05, 0) is 12.1 Å². The second-order valence-corrected chi connectivity index (χ2v) is 3.27. The number of carbonyl (C=O) groups is 1. The van der Waals surface area contributed by atoms with Crippen LogP contribution in [0.3, 0.4) is 0 Å². The molecule has 0 saturated heterocycles. The average Bonchev–Trinajstić information content (AvgIpc) is 2.70. The van der Waals surface area contributed by atoms with Crippen molar-refractivity contribution in [3.63, 3.8) is 0 Å². The van der Waals surface area contributed by atoms with Gasteiger partial charge in [-0.1, -0.05) is 12.1 Å². The number of imidazole rings is 1. The number of hydrogen-bond donors (Lipinski definition) is 1. The van der Waals surface area contributed by atoms with Crippen molar-refractivity contribution >= 4 is 18.5 Å². The second kappa shape index (κ2) is 3.67. The highest BCUT2D eigenvalue weighted by atomic mass is 32.1. The van der Waals surface area contributed by atoms with Gasteiger partial charge in [0.05, 0.1) is 5.56 Å². The molecule has 4 heteroatoms. The minimum absolute atomic E-state index is 0.117. The molecule has 0 aliphatic carbocycles. The highest BCUT2D eigenvalue weighted by Gasteiger charge is 2.09.